The number of methoxy groups -OCH3 is 1. The maximum atomic E-state index is 12.6. The predicted molar refractivity (Wildman–Crippen MR) is 111 cm³/mol. The first kappa shape index (κ1) is 19.2. The maximum Gasteiger partial charge on any atom is 0.228 e. The number of benzene rings is 2. The number of rotatable bonds is 7. The van der Waals surface area contributed by atoms with Gasteiger partial charge in [0.1, 0.15) is 5.75 Å². The molecule has 1 fully saturated rings. The van der Waals surface area contributed by atoms with Crippen molar-refractivity contribution < 1.29 is 9.53 Å². The molecule has 0 aromatic heterocycles. The third kappa shape index (κ3) is 5.01. The van der Waals surface area contributed by atoms with Gasteiger partial charge in [-0.1, -0.05) is 18.2 Å². The summed E-state index contributed by atoms with van der Waals surface area (Å²) >= 11 is 0. The van der Waals surface area contributed by atoms with Gasteiger partial charge in [-0.05, 0) is 43.3 Å². The van der Waals surface area contributed by atoms with Crippen LogP contribution in [0.5, 0.6) is 5.75 Å². The lowest BCUT2D eigenvalue weighted by molar-refractivity contribution is -0.118. The maximum absolute atomic E-state index is 12.6. The highest BCUT2D eigenvalue weighted by Gasteiger charge is 2.19. The monoisotopic (exact) mass is 367 g/mol. The minimum absolute atomic E-state index is 0.196. The third-order valence-corrected chi connectivity index (χ3v) is 5.14. The fraction of sp³-hybridized carbons (Fsp3) is 0.409. The molecule has 0 saturated carbocycles. The Balaban J connectivity index is 1.46. The highest BCUT2D eigenvalue weighted by Crippen LogP contribution is 2.21. The van der Waals surface area contributed by atoms with E-state index in [1.807, 2.05) is 54.3 Å². The van der Waals surface area contributed by atoms with Crippen molar-refractivity contribution in [3.8, 4) is 5.75 Å². The minimum Gasteiger partial charge on any atom is -0.497 e. The van der Waals surface area contributed by atoms with Crippen LogP contribution in [0.3, 0.4) is 0 Å². The van der Waals surface area contributed by atoms with Crippen LogP contribution in [-0.4, -0.2) is 57.2 Å². The van der Waals surface area contributed by atoms with Crippen molar-refractivity contribution >= 4 is 17.3 Å². The molecule has 1 amide bonds. The number of amides is 1. The Morgan fingerprint density at radius 3 is 2.26 bits per heavy atom. The summed E-state index contributed by atoms with van der Waals surface area (Å²) in [5, 5.41) is 0. The Kier molecular flexibility index (Phi) is 6.71. The molecule has 2 aromatic carbocycles. The fourth-order valence-corrected chi connectivity index (χ4v) is 3.52. The van der Waals surface area contributed by atoms with E-state index in [0.29, 0.717) is 13.0 Å². The lowest BCUT2D eigenvalue weighted by atomic mass is 10.2. The molecule has 0 spiro atoms. The van der Waals surface area contributed by atoms with Gasteiger partial charge in [0.05, 0.1) is 7.11 Å². The molecule has 0 unspecified atom stereocenters. The molecule has 1 aliphatic heterocycles. The number of carbonyl (C=O) groups is 1. The molecule has 0 radical (unpaired) electrons. The van der Waals surface area contributed by atoms with Crippen LogP contribution in [-0.2, 0) is 4.79 Å². The number of hydrogen-bond donors (Lipinski definition) is 0. The SMILES string of the molecule is CCN(C(=O)CCN1CCN(c2ccc(OC)cc2)CC1)c1ccccc1. The molecule has 1 saturated heterocycles. The molecule has 1 heterocycles. The summed E-state index contributed by atoms with van der Waals surface area (Å²) in [4.78, 5) is 19.3. The van der Waals surface area contributed by atoms with Gasteiger partial charge in [0.15, 0.2) is 0 Å². The van der Waals surface area contributed by atoms with Crippen molar-refractivity contribution in [1.82, 2.24) is 4.90 Å². The fourth-order valence-electron chi connectivity index (χ4n) is 3.52. The van der Waals surface area contributed by atoms with Crippen molar-refractivity contribution in [3.63, 3.8) is 0 Å². The predicted octanol–water partition coefficient (Wildman–Crippen LogP) is 3.26. The summed E-state index contributed by atoms with van der Waals surface area (Å²) in [7, 11) is 1.69. The normalized spacial score (nSPS) is 14.8. The van der Waals surface area contributed by atoms with Crippen LogP contribution in [0.4, 0.5) is 11.4 Å². The molecule has 0 N–H and O–H groups in total. The molecular formula is C22H29N3O2. The molecule has 5 heteroatoms. The van der Waals surface area contributed by atoms with Crippen LogP contribution < -0.4 is 14.5 Å². The van der Waals surface area contributed by atoms with Crippen LogP contribution >= 0.6 is 0 Å². The highest BCUT2D eigenvalue weighted by molar-refractivity contribution is 5.93. The van der Waals surface area contributed by atoms with E-state index in [2.05, 4.69) is 21.9 Å². The van der Waals surface area contributed by atoms with Crippen LogP contribution in [0, 0.1) is 0 Å². The van der Waals surface area contributed by atoms with E-state index >= 15 is 0 Å². The highest BCUT2D eigenvalue weighted by atomic mass is 16.5. The zero-order valence-electron chi connectivity index (χ0n) is 16.3. The molecule has 2 aromatic rings. The first-order valence-corrected chi connectivity index (χ1v) is 9.68. The molecular weight excluding hydrogens is 338 g/mol. The van der Waals surface area contributed by atoms with Gasteiger partial charge in [-0.3, -0.25) is 9.69 Å². The molecule has 0 aliphatic carbocycles. The Morgan fingerprint density at radius 2 is 1.67 bits per heavy atom. The summed E-state index contributed by atoms with van der Waals surface area (Å²) < 4.78 is 5.23. The van der Waals surface area contributed by atoms with Crippen molar-refractivity contribution in [1.29, 1.82) is 0 Å². The quantitative estimate of drug-likeness (QED) is 0.753. The van der Waals surface area contributed by atoms with Crippen LogP contribution in [0.2, 0.25) is 0 Å². The number of para-hydroxylation sites is 1. The van der Waals surface area contributed by atoms with Crippen molar-refractivity contribution in [2.75, 3.05) is 56.2 Å². The summed E-state index contributed by atoms with van der Waals surface area (Å²) in [6, 6.07) is 18.1. The summed E-state index contributed by atoms with van der Waals surface area (Å²) in [6.45, 7) is 7.48. The molecule has 144 valence electrons. The van der Waals surface area contributed by atoms with Crippen molar-refractivity contribution in [3.05, 3.63) is 54.6 Å². The topological polar surface area (TPSA) is 36.0 Å². The molecule has 0 bridgehead atoms. The Morgan fingerprint density at radius 1 is 1.00 bits per heavy atom. The van der Waals surface area contributed by atoms with Crippen LogP contribution in [0.15, 0.2) is 54.6 Å². The molecule has 5 nitrogen and oxygen atoms in total. The summed E-state index contributed by atoms with van der Waals surface area (Å²) in [5.74, 6) is 1.08. The van der Waals surface area contributed by atoms with Crippen LogP contribution in [0.25, 0.3) is 0 Å². The zero-order valence-corrected chi connectivity index (χ0v) is 16.3. The average molecular weight is 367 g/mol. The number of piperazine rings is 1. The van der Waals surface area contributed by atoms with E-state index in [1.54, 1.807) is 7.11 Å². The third-order valence-electron chi connectivity index (χ3n) is 5.14. The Labute approximate surface area is 162 Å². The van der Waals surface area contributed by atoms with Gasteiger partial charge in [-0.2, -0.15) is 0 Å². The molecule has 0 atom stereocenters. The van der Waals surface area contributed by atoms with E-state index < -0.39 is 0 Å². The van der Waals surface area contributed by atoms with Crippen LogP contribution in [0.1, 0.15) is 13.3 Å². The number of ether oxygens (including phenoxy) is 1. The van der Waals surface area contributed by atoms with E-state index in [4.69, 9.17) is 4.74 Å². The smallest absolute Gasteiger partial charge is 0.228 e. The number of nitrogens with zero attached hydrogens (tertiary/aromatic N) is 3. The lowest BCUT2D eigenvalue weighted by Gasteiger charge is -2.36. The van der Waals surface area contributed by atoms with E-state index in [-0.39, 0.29) is 5.91 Å². The van der Waals surface area contributed by atoms with Gasteiger partial charge in [0, 0.05) is 57.1 Å². The second-order valence-electron chi connectivity index (χ2n) is 6.75. The van der Waals surface area contributed by atoms with Gasteiger partial charge in [0.25, 0.3) is 0 Å². The Hall–Kier alpha value is -2.53. The minimum atomic E-state index is 0.196. The second kappa shape index (κ2) is 9.42. The lowest BCUT2D eigenvalue weighted by Crippen LogP contribution is -2.47. The second-order valence-corrected chi connectivity index (χ2v) is 6.75. The number of hydrogen-bond acceptors (Lipinski definition) is 4. The molecule has 3 rings (SSSR count). The van der Waals surface area contributed by atoms with E-state index in [9.17, 15) is 4.79 Å². The first-order valence-electron chi connectivity index (χ1n) is 9.68. The van der Waals surface area contributed by atoms with Gasteiger partial charge in [0.2, 0.25) is 5.91 Å². The number of anilines is 2. The average Bonchev–Trinajstić information content (AvgIpc) is 2.74. The van der Waals surface area contributed by atoms with E-state index in [1.165, 1.54) is 5.69 Å². The van der Waals surface area contributed by atoms with Crippen molar-refractivity contribution in [2.45, 2.75) is 13.3 Å². The standard InChI is InChI=1S/C22H29N3O2/c1-3-25(20-7-5-4-6-8-20)22(26)13-14-23-15-17-24(18-16-23)19-9-11-21(27-2)12-10-19/h4-12H,3,13-18H2,1-2H3. The Bertz CT molecular complexity index is 710. The summed E-state index contributed by atoms with van der Waals surface area (Å²) in [5.41, 5.74) is 2.21. The van der Waals surface area contributed by atoms with Crippen molar-refractivity contribution in [2.24, 2.45) is 0 Å². The summed E-state index contributed by atoms with van der Waals surface area (Å²) in [6.07, 6.45) is 0.561. The van der Waals surface area contributed by atoms with Gasteiger partial charge in [-0.25, -0.2) is 0 Å². The van der Waals surface area contributed by atoms with Gasteiger partial charge >= 0.3 is 0 Å². The molecule has 1 aliphatic rings. The largest absolute Gasteiger partial charge is 0.497 e. The van der Waals surface area contributed by atoms with Gasteiger partial charge in [-0.15, -0.1) is 0 Å². The first-order chi connectivity index (χ1) is 13.2. The van der Waals surface area contributed by atoms with E-state index in [0.717, 1.165) is 44.2 Å². The number of carbonyl (C=O) groups excluding carboxylic acids is 1. The van der Waals surface area contributed by atoms with Gasteiger partial charge < -0.3 is 14.5 Å². The zero-order chi connectivity index (χ0) is 19.1. The molecule has 27 heavy (non-hydrogen) atoms.